The number of nitrogens with zero attached hydrogens (tertiary/aromatic N) is 1. The quantitative estimate of drug-likeness (QED) is 0.787. The number of ether oxygens (including phenoxy) is 1. The predicted octanol–water partition coefficient (Wildman–Crippen LogP) is 4.37. The Morgan fingerprint density at radius 3 is 2.67 bits per heavy atom. The minimum Gasteiger partial charge on any atom is -0.496 e. The zero-order valence-corrected chi connectivity index (χ0v) is 12.3. The summed E-state index contributed by atoms with van der Waals surface area (Å²) < 4.78 is 10.7. The molecular weight excluding hydrogens is 294 g/mol. The fourth-order valence-corrected chi connectivity index (χ4v) is 2.11. The molecule has 0 fully saturated rings. The van der Waals surface area contributed by atoms with E-state index in [0.717, 1.165) is 22.8 Å². The average molecular weight is 310 g/mol. The van der Waals surface area contributed by atoms with E-state index in [-0.39, 0.29) is 0 Å². The van der Waals surface area contributed by atoms with Gasteiger partial charge in [-0.1, -0.05) is 34.9 Å². The summed E-state index contributed by atoms with van der Waals surface area (Å²) in [5.74, 6) is 2.10. The lowest BCUT2D eigenvalue weighted by Crippen LogP contribution is -1.94. The minimum absolute atomic E-state index is 0.401. The van der Waals surface area contributed by atoms with E-state index in [1.165, 1.54) is 5.56 Å². The Balaban J connectivity index is 2.42. The van der Waals surface area contributed by atoms with E-state index in [2.05, 4.69) is 41.0 Å². The average Bonchev–Trinajstić information content (AvgIpc) is 2.86. The summed E-state index contributed by atoms with van der Waals surface area (Å²) in [6.45, 7) is 4.29. The number of aromatic nitrogens is 1. The Labute approximate surface area is 115 Å². The third kappa shape index (κ3) is 2.58. The van der Waals surface area contributed by atoms with Gasteiger partial charge >= 0.3 is 0 Å². The molecule has 0 spiro atoms. The first-order valence-electron chi connectivity index (χ1n) is 5.85. The number of hydrogen-bond donors (Lipinski definition) is 0. The second-order valence-electron chi connectivity index (χ2n) is 4.43. The van der Waals surface area contributed by atoms with Crippen LogP contribution in [0.3, 0.4) is 0 Å². The summed E-state index contributed by atoms with van der Waals surface area (Å²) in [6, 6.07) is 8.01. The largest absolute Gasteiger partial charge is 0.496 e. The zero-order valence-electron chi connectivity index (χ0n) is 10.7. The van der Waals surface area contributed by atoms with Gasteiger partial charge < -0.3 is 9.26 Å². The molecule has 1 aromatic heterocycles. The van der Waals surface area contributed by atoms with Crippen molar-refractivity contribution < 1.29 is 9.26 Å². The lowest BCUT2D eigenvalue weighted by Gasteiger charge is -2.12. The molecule has 0 N–H and O–H groups in total. The highest BCUT2D eigenvalue weighted by atomic mass is 79.9. The van der Waals surface area contributed by atoms with E-state index >= 15 is 0 Å². The van der Waals surface area contributed by atoms with Gasteiger partial charge in [0.05, 0.1) is 12.8 Å². The third-order valence-corrected chi connectivity index (χ3v) is 3.41. The maximum atomic E-state index is 5.37. The number of alkyl halides is 1. The molecule has 0 aliphatic rings. The summed E-state index contributed by atoms with van der Waals surface area (Å²) in [4.78, 5) is 0. The molecule has 4 heteroatoms. The molecule has 0 amide bonds. The summed E-state index contributed by atoms with van der Waals surface area (Å²) in [5.41, 5.74) is 3.10. The molecule has 3 nitrogen and oxygen atoms in total. The molecule has 0 aliphatic heterocycles. The third-order valence-electron chi connectivity index (χ3n) is 2.83. The van der Waals surface area contributed by atoms with Gasteiger partial charge in [-0.25, -0.2) is 0 Å². The summed E-state index contributed by atoms with van der Waals surface area (Å²) in [5, 5.41) is 4.67. The van der Waals surface area contributed by atoms with Crippen molar-refractivity contribution in [2.75, 3.05) is 7.11 Å². The predicted molar refractivity (Wildman–Crippen MR) is 75.2 cm³/mol. The van der Waals surface area contributed by atoms with E-state index in [9.17, 15) is 0 Å². The van der Waals surface area contributed by atoms with Crippen molar-refractivity contribution in [3.05, 3.63) is 35.5 Å². The monoisotopic (exact) mass is 309 g/mol. The number of benzene rings is 1. The first-order chi connectivity index (χ1) is 8.65. The van der Waals surface area contributed by atoms with Crippen molar-refractivity contribution in [2.24, 2.45) is 0 Å². The summed E-state index contributed by atoms with van der Waals surface area (Å²) in [6.07, 6.45) is 0. The summed E-state index contributed by atoms with van der Waals surface area (Å²) >= 11 is 3.36. The SMILES string of the molecule is COc1ccc(-c2cc(CBr)no2)cc1C(C)C. The Kier molecular flexibility index (Phi) is 4.07. The van der Waals surface area contributed by atoms with Crippen LogP contribution < -0.4 is 4.74 Å². The first-order valence-corrected chi connectivity index (χ1v) is 6.97. The van der Waals surface area contributed by atoms with Crippen LogP contribution in [0.1, 0.15) is 31.0 Å². The molecule has 1 aromatic carbocycles. The smallest absolute Gasteiger partial charge is 0.167 e. The van der Waals surface area contributed by atoms with E-state index in [1.807, 2.05) is 18.2 Å². The van der Waals surface area contributed by atoms with Crippen molar-refractivity contribution in [3.8, 4) is 17.1 Å². The topological polar surface area (TPSA) is 35.3 Å². The summed E-state index contributed by atoms with van der Waals surface area (Å²) in [7, 11) is 1.69. The van der Waals surface area contributed by atoms with Gasteiger partial charge in [-0.15, -0.1) is 0 Å². The van der Waals surface area contributed by atoms with Gasteiger partial charge in [-0.2, -0.15) is 0 Å². The van der Waals surface area contributed by atoms with Crippen LogP contribution in [-0.4, -0.2) is 12.3 Å². The molecule has 0 unspecified atom stereocenters. The highest BCUT2D eigenvalue weighted by molar-refractivity contribution is 9.08. The van der Waals surface area contributed by atoms with Crippen LogP contribution in [-0.2, 0) is 5.33 Å². The Morgan fingerprint density at radius 1 is 1.33 bits per heavy atom. The molecule has 0 bridgehead atoms. The number of rotatable bonds is 4. The maximum absolute atomic E-state index is 5.37. The highest BCUT2D eigenvalue weighted by Gasteiger charge is 2.12. The molecule has 0 aliphatic carbocycles. The fraction of sp³-hybridized carbons (Fsp3) is 0.357. The molecule has 1 heterocycles. The Hall–Kier alpha value is -1.29. The minimum atomic E-state index is 0.401. The normalized spacial score (nSPS) is 10.9. The van der Waals surface area contributed by atoms with Crippen LogP contribution >= 0.6 is 15.9 Å². The van der Waals surface area contributed by atoms with Gasteiger partial charge in [-0.3, -0.25) is 0 Å². The molecule has 0 saturated carbocycles. The van der Waals surface area contributed by atoms with Gasteiger partial charge in [0.15, 0.2) is 5.76 Å². The lowest BCUT2D eigenvalue weighted by molar-refractivity contribution is 0.407. The van der Waals surface area contributed by atoms with Gasteiger partial charge in [-0.05, 0) is 29.7 Å². The zero-order chi connectivity index (χ0) is 13.1. The van der Waals surface area contributed by atoms with E-state index in [1.54, 1.807) is 7.11 Å². The molecule has 18 heavy (non-hydrogen) atoms. The van der Waals surface area contributed by atoms with E-state index in [4.69, 9.17) is 9.26 Å². The van der Waals surface area contributed by atoms with Crippen molar-refractivity contribution in [3.63, 3.8) is 0 Å². The number of methoxy groups -OCH3 is 1. The van der Waals surface area contributed by atoms with Gasteiger partial charge in [0, 0.05) is 17.0 Å². The van der Waals surface area contributed by atoms with Crippen molar-refractivity contribution in [1.82, 2.24) is 5.16 Å². The molecule has 96 valence electrons. The van der Waals surface area contributed by atoms with E-state index < -0.39 is 0 Å². The van der Waals surface area contributed by atoms with Crippen LogP contribution in [0.5, 0.6) is 5.75 Å². The van der Waals surface area contributed by atoms with Crippen molar-refractivity contribution >= 4 is 15.9 Å². The first kappa shape index (κ1) is 13.1. The molecule has 0 atom stereocenters. The second kappa shape index (κ2) is 5.57. The van der Waals surface area contributed by atoms with Gasteiger partial charge in [0.1, 0.15) is 5.75 Å². The maximum Gasteiger partial charge on any atom is 0.167 e. The van der Waals surface area contributed by atoms with Crippen LogP contribution in [0.25, 0.3) is 11.3 Å². The van der Waals surface area contributed by atoms with E-state index in [0.29, 0.717) is 11.2 Å². The molecule has 2 aromatic rings. The highest BCUT2D eigenvalue weighted by Crippen LogP contribution is 2.31. The van der Waals surface area contributed by atoms with Crippen molar-refractivity contribution in [1.29, 1.82) is 0 Å². The fourth-order valence-electron chi connectivity index (χ4n) is 1.85. The Bertz CT molecular complexity index is 534. The molecular formula is C14H16BrNO2. The number of hydrogen-bond acceptors (Lipinski definition) is 3. The van der Waals surface area contributed by atoms with Gasteiger partial charge in [0.25, 0.3) is 0 Å². The van der Waals surface area contributed by atoms with Gasteiger partial charge in [0.2, 0.25) is 0 Å². The van der Waals surface area contributed by atoms with Crippen molar-refractivity contribution in [2.45, 2.75) is 25.1 Å². The molecule has 0 saturated heterocycles. The molecule has 2 rings (SSSR count). The van der Waals surface area contributed by atoms with Crippen LogP contribution in [0, 0.1) is 0 Å². The Morgan fingerprint density at radius 2 is 2.11 bits per heavy atom. The van der Waals surface area contributed by atoms with Crippen LogP contribution in [0.2, 0.25) is 0 Å². The van der Waals surface area contributed by atoms with Crippen LogP contribution in [0.4, 0.5) is 0 Å². The van der Waals surface area contributed by atoms with Crippen LogP contribution in [0.15, 0.2) is 28.8 Å². The second-order valence-corrected chi connectivity index (χ2v) is 4.99. The molecule has 0 radical (unpaired) electrons. The standard InChI is InChI=1S/C14H16BrNO2/c1-9(2)12-6-10(4-5-13(12)17-3)14-7-11(8-15)16-18-14/h4-7,9H,8H2,1-3H3. The lowest BCUT2D eigenvalue weighted by atomic mass is 9.98. The number of halogens is 1.